The summed E-state index contributed by atoms with van der Waals surface area (Å²) in [6.45, 7) is 2.84. The molecule has 1 N–H and O–H groups in total. The Labute approximate surface area is 157 Å². The number of nitriles is 2. The largest absolute Gasteiger partial charge is 0.367 e. The first kappa shape index (κ1) is 18.0. The van der Waals surface area contributed by atoms with Crippen molar-refractivity contribution >= 4 is 29.4 Å². The lowest BCUT2D eigenvalue weighted by Gasteiger charge is -2.27. The summed E-state index contributed by atoms with van der Waals surface area (Å²) in [7, 11) is 0. The molecule has 0 spiro atoms. The fraction of sp³-hybridized carbons (Fsp3) is 0.368. The van der Waals surface area contributed by atoms with E-state index in [2.05, 4.69) is 34.3 Å². The van der Waals surface area contributed by atoms with Crippen LogP contribution < -0.4 is 10.2 Å². The number of halogens is 1. The number of hydrogen-bond acceptors (Lipinski definition) is 5. The van der Waals surface area contributed by atoms with E-state index >= 15 is 0 Å². The maximum absolute atomic E-state index is 12.4. The van der Waals surface area contributed by atoms with E-state index < -0.39 is 6.04 Å². The fourth-order valence-corrected chi connectivity index (χ4v) is 3.50. The van der Waals surface area contributed by atoms with Gasteiger partial charge in [0, 0.05) is 30.9 Å². The van der Waals surface area contributed by atoms with E-state index in [0.717, 1.165) is 18.7 Å². The molecule has 7 heteroatoms. The van der Waals surface area contributed by atoms with Crippen molar-refractivity contribution in [3.8, 4) is 12.1 Å². The summed E-state index contributed by atoms with van der Waals surface area (Å²) < 4.78 is 0. The van der Waals surface area contributed by atoms with Crippen LogP contribution in [0.3, 0.4) is 0 Å². The molecule has 6 nitrogen and oxygen atoms in total. The highest BCUT2D eigenvalue weighted by Crippen LogP contribution is 2.29. The van der Waals surface area contributed by atoms with E-state index in [9.17, 15) is 4.79 Å². The molecule has 0 bridgehead atoms. The van der Waals surface area contributed by atoms with Gasteiger partial charge in [0.05, 0.1) is 28.3 Å². The minimum absolute atomic E-state index is 0.0000841. The zero-order chi connectivity index (χ0) is 18.7. The SMILES string of the molecule is C[C@H]1[C@@H](NC(=O)C2=CCC(C#N)N=C2)CCN1c1ccc(C#N)c(Cl)c1. The first-order chi connectivity index (χ1) is 12.5. The highest BCUT2D eigenvalue weighted by molar-refractivity contribution is 6.32. The second kappa shape index (κ2) is 7.59. The predicted molar refractivity (Wildman–Crippen MR) is 100 cm³/mol. The van der Waals surface area contributed by atoms with Crippen LogP contribution in [0.15, 0.2) is 34.8 Å². The number of nitrogens with one attached hydrogen (secondary N) is 1. The quantitative estimate of drug-likeness (QED) is 0.888. The van der Waals surface area contributed by atoms with Crippen molar-refractivity contribution in [2.45, 2.75) is 37.9 Å². The van der Waals surface area contributed by atoms with Crippen LogP contribution in [0, 0.1) is 22.7 Å². The number of carbonyl (C=O) groups excluding carboxylic acids is 1. The van der Waals surface area contributed by atoms with E-state index in [1.54, 1.807) is 18.2 Å². The predicted octanol–water partition coefficient (Wildman–Crippen LogP) is 2.59. The first-order valence-electron chi connectivity index (χ1n) is 8.43. The second-order valence-electron chi connectivity index (χ2n) is 6.40. The molecule has 132 valence electrons. The first-order valence-corrected chi connectivity index (χ1v) is 8.81. The molecule has 26 heavy (non-hydrogen) atoms. The minimum atomic E-state index is -0.395. The molecule has 0 aliphatic carbocycles. The molecule has 1 fully saturated rings. The molecule has 2 aliphatic heterocycles. The number of carbonyl (C=O) groups is 1. The molecule has 1 aromatic rings. The van der Waals surface area contributed by atoms with Gasteiger partial charge in [-0.1, -0.05) is 17.7 Å². The van der Waals surface area contributed by atoms with Gasteiger partial charge in [0.15, 0.2) is 0 Å². The third kappa shape index (κ3) is 3.56. The number of nitrogens with zero attached hydrogens (tertiary/aromatic N) is 4. The van der Waals surface area contributed by atoms with Crippen molar-refractivity contribution in [3.05, 3.63) is 40.4 Å². The molecule has 1 unspecified atom stereocenters. The van der Waals surface area contributed by atoms with Gasteiger partial charge in [0.25, 0.3) is 5.91 Å². The average Bonchev–Trinajstić information content (AvgIpc) is 3.02. The van der Waals surface area contributed by atoms with Gasteiger partial charge in [-0.25, -0.2) is 0 Å². The van der Waals surface area contributed by atoms with Gasteiger partial charge in [-0.05, 0) is 31.5 Å². The van der Waals surface area contributed by atoms with Crippen LogP contribution in [0.25, 0.3) is 0 Å². The number of aliphatic imine (C=N–C) groups is 1. The molecule has 2 aliphatic rings. The monoisotopic (exact) mass is 367 g/mol. The topological polar surface area (TPSA) is 92.3 Å². The normalized spacial score (nSPS) is 24.5. The van der Waals surface area contributed by atoms with Gasteiger partial charge < -0.3 is 10.2 Å². The van der Waals surface area contributed by atoms with Gasteiger partial charge in [0.1, 0.15) is 12.1 Å². The van der Waals surface area contributed by atoms with Crippen molar-refractivity contribution in [2.24, 2.45) is 4.99 Å². The second-order valence-corrected chi connectivity index (χ2v) is 6.80. The summed E-state index contributed by atoms with van der Waals surface area (Å²) in [5.74, 6) is -0.165. The number of dihydropyridines is 1. The van der Waals surface area contributed by atoms with E-state index in [-0.39, 0.29) is 18.0 Å². The van der Waals surface area contributed by atoms with Crippen molar-refractivity contribution in [2.75, 3.05) is 11.4 Å². The van der Waals surface area contributed by atoms with Crippen LogP contribution in [0.1, 0.15) is 25.3 Å². The maximum Gasteiger partial charge on any atom is 0.252 e. The van der Waals surface area contributed by atoms with Gasteiger partial charge >= 0.3 is 0 Å². The highest BCUT2D eigenvalue weighted by atomic mass is 35.5. The van der Waals surface area contributed by atoms with Gasteiger partial charge in [-0.3, -0.25) is 9.79 Å². The third-order valence-electron chi connectivity index (χ3n) is 4.84. The molecular formula is C19H18ClN5O. The summed E-state index contributed by atoms with van der Waals surface area (Å²) in [5.41, 5.74) is 1.89. The van der Waals surface area contributed by atoms with Crippen molar-refractivity contribution in [1.82, 2.24) is 5.32 Å². The lowest BCUT2D eigenvalue weighted by Crippen LogP contribution is -2.44. The number of hydrogen-bond donors (Lipinski definition) is 1. The molecule has 1 aromatic carbocycles. The molecule has 1 saturated heterocycles. The highest BCUT2D eigenvalue weighted by Gasteiger charge is 2.32. The van der Waals surface area contributed by atoms with Crippen LogP contribution >= 0.6 is 11.6 Å². The van der Waals surface area contributed by atoms with Crippen molar-refractivity contribution < 1.29 is 4.79 Å². The Hall–Kier alpha value is -2.83. The van der Waals surface area contributed by atoms with Gasteiger partial charge in [-0.15, -0.1) is 0 Å². The van der Waals surface area contributed by atoms with Crippen LogP contribution in [-0.2, 0) is 4.79 Å². The zero-order valence-corrected chi connectivity index (χ0v) is 15.1. The number of amides is 1. The Kier molecular flexibility index (Phi) is 5.25. The van der Waals surface area contributed by atoms with E-state index in [4.69, 9.17) is 22.1 Å². The molecule has 3 atom stereocenters. The molecular weight excluding hydrogens is 350 g/mol. The number of anilines is 1. The number of benzene rings is 1. The Balaban J connectivity index is 1.65. The molecule has 0 radical (unpaired) electrons. The molecule has 2 heterocycles. The van der Waals surface area contributed by atoms with E-state index in [1.807, 2.05) is 6.07 Å². The molecule has 0 aromatic heterocycles. The average molecular weight is 368 g/mol. The standard InChI is InChI=1S/C19H18ClN5O/c1-12-18(24-19(26)14-2-4-15(10-22)23-11-14)6-7-25(12)16-5-3-13(9-21)17(20)8-16/h2-3,5,8,11-12,15,18H,4,6-7H2,1H3,(H,24,26)/t12-,15?,18-/m0/s1. The molecule has 1 amide bonds. The minimum Gasteiger partial charge on any atom is -0.367 e. The lowest BCUT2D eigenvalue weighted by molar-refractivity contribution is -0.117. The van der Waals surface area contributed by atoms with Crippen molar-refractivity contribution in [3.63, 3.8) is 0 Å². The summed E-state index contributed by atoms with van der Waals surface area (Å²) in [4.78, 5) is 18.7. The number of rotatable bonds is 3. The van der Waals surface area contributed by atoms with Crippen molar-refractivity contribution in [1.29, 1.82) is 10.5 Å². The Bertz CT molecular complexity index is 864. The third-order valence-corrected chi connectivity index (χ3v) is 5.15. The summed E-state index contributed by atoms with van der Waals surface area (Å²) in [6, 6.07) is 9.21. The van der Waals surface area contributed by atoms with Gasteiger partial charge in [0.2, 0.25) is 0 Å². The summed E-state index contributed by atoms with van der Waals surface area (Å²) in [5, 5.41) is 21.3. The Morgan fingerprint density at radius 2 is 2.23 bits per heavy atom. The van der Waals surface area contributed by atoms with Crippen LogP contribution in [0.5, 0.6) is 0 Å². The maximum atomic E-state index is 12.4. The smallest absolute Gasteiger partial charge is 0.252 e. The van der Waals surface area contributed by atoms with Crippen LogP contribution in [-0.4, -0.2) is 36.8 Å². The fourth-order valence-electron chi connectivity index (χ4n) is 3.28. The zero-order valence-electron chi connectivity index (χ0n) is 14.3. The van der Waals surface area contributed by atoms with Gasteiger partial charge in [-0.2, -0.15) is 10.5 Å². The van der Waals surface area contributed by atoms with Crippen LogP contribution in [0.2, 0.25) is 5.02 Å². The summed E-state index contributed by atoms with van der Waals surface area (Å²) in [6.07, 6.45) is 4.51. The summed E-state index contributed by atoms with van der Waals surface area (Å²) >= 11 is 6.14. The lowest BCUT2D eigenvalue weighted by atomic mass is 10.1. The molecule has 3 rings (SSSR count). The Morgan fingerprint density at radius 1 is 1.42 bits per heavy atom. The van der Waals surface area contributed by atoms with E-state index in [1.165, 1.54) is 6.21 Å². The molecule has 0 saturated carbocycles. The Morgan fingerprint density at radius 3 is 2.85 bits per heavy atom. The van der Waals surface area contributed by atoms with E-state index in [0.29, 0.717) is 22.6 Å². The van der Waals surface area contributed by atoms with Crippen LogP contribution in [0.4, 0.5) is 5.69 Å².